The fourth-order valence-corrected chi connectivity index (χ4v) is 7.79. The minimum Gasteiger partial charge on any atom is -0.333 e. The highest BCUT2D eigenvalue weighted by atomic mass is 32.2. The summed E-state index contributed by atoms with van der Waals surface area (Å²) in [6, 6.07) is 17.8. The van der Waals surface area contributed by atoms with E-state index in [0.29, 0.717) is 25.4 Å². The Morgan fingerprint density at radius 3 is 2.64 bits per heavy atom. The van der Waals surface area contributed by atoms with E-state index in [4.69, 9.17) is 4.98 Å². The summed E-state index contributed by atoms with van der Waals surface area (Å²) in [6.45, 7) is 2.47. The van der Waals surface area contributed by atoms with Crippen molar-refractivity contribution >= 4 is 37.3 Å². The second-order valence-corrected chi connectivity index (χ2v) is 12.4. The lowest BCUT2D eigenvalue weighted by Crippen LogP contribution is -2.47. The van der Waals surface area contributed by atoms with Crippen LogP contribution in [0, 0.1) is 0 Å². The summed E-state index contributed by atoms with van der Waals surface area (Å²) in [5, 5.41) is 1.15. The van der Waals surface area contributed by atoms with E-state index in [1.165, 1.54) is 4.70 Å². The number of benzene rings is 2. The van der Waals surface area contributed by atoms with Crippen LogP contribution in [0.15, 0.2) is 54.6 Å². The van der Waals surface area contributed by atoms with Crippen LogP contribution in [0.4, 0.5) is 0 Å². The zero-order valence-corrected chi connectivity index (χ0v) is 20.2. The molecule has 2 atom stereocenters. The number of fused-ring (bicyclic) bond motifs is 1. The van der Waals surface area contributed by atoms with Crippen LogP contribution >= 0.6 is 11.3 Å². The molecule has 0 aliphatic carbocycles. The van der Waals surface area contributed by atoms with Crippen molar-refractivity contribution in [1.29, 1.82) is 0 Å². The van der Waals surface area contributed by atoms with Gasteiger partial charge in [0.15, 0.2) is 9.84 Å². The Hall–Kier alpha value is -2.29. The molecule has 1 amide bonds. The molecular formula is C25H29N3O3S2. The predicted molar refractivity (Wildman–Crippen MR) is 132 cm³/mol. The average Bonchev–Trinajstić information content (AvgIpc) is 3.41. The van der Waals surface area contributed by atoms with Gasteiger partial charge in [-0.1, -0.05) is 42.5 Å². The molecule has 3 heterocycles. The SMILES string of the molecule is O=C(CN1CCC[C@@H](c2nc3ccccc3s2)C1)N(Cc1ccccc1)[C@@H]1CCS(=O)(=O)C1. The van der Waals surface area contributed by atoms with Gasteiger partial charge in [-0.2, -0.15) is 0 Å². The normalized spacial score (nSPS) is 23.0. The van der Waals surface area contributed by atoms with Crippen molar-refractivity contribution in [3.05, 3.63) is 65.2 Å². The molecule has 6 nitrogen and oxygen atoms in total. The van der Waals surface area contributed by atoms with Crippen LogP contribution in [-0.4, -0.2) is 66.3 Å². The number of amides is 1. The molecular weight excluding hydrogens is 454 g/mol. The monoisotopic (exact) mass is 483 g/mol. The first-order valence-electron chi connectivity index (χ1n) is 11.6. The number of likely N-dealkylation sites (tertiary alicyclic amines) is 1. The van der Waals surface area contributed by atoms with E-state index in [1.54, 1.807) is 16.2 Å². The van der Waals surface area contributed by atoms with Crippen molar-refractivity contribution in [1.82, 2.24) is 14.8 Å². The van der Waals surface area contributed by atoms with Crippen LogP contribution in [0.5, 0.6) is 0 Å². The Morgan fingerprint density at radius 2 is 1.88 bits per heavy atom. The topological polar surface area (TPSA) is 70.6 Å². The summed E-state index contributed by atoms with van der Waals surface area (Å²) < 4.78 is 25.5. The van der Waals surface area contributed by atoms with Gasteiger partial charge in [0.2, 0.25) is 5.91 Å². The summed E-state index contributed by atoms with van der Waals surface area (Å²) in [6.07, 6.45) is 2.64. The van der Waals surface area contributed by atoms with Gasteiger partial charge in [-0.25, -0.2) is 13.4 Å². The Balaban J connectivity index is 1.29. The maximum absolute atomic E-state index is 13.5. The maximum Gasteiger partial charge on any atom is 0.237 e. The Labute approximate surface area is 199 Å². The Kier molecular flexibility index (Phi) is 6.49. The number of sulfone groups is 1. The summed E-state index contributed by atoms with van der Waals surface area (Å²) in [5.74, 6) is 0.587. The van der Waals surface area contributed by atoms with Crippen molar-refractivity contribution in [2.75, 3.05) is 31.1 Å². The third-order valence-electron chi connectivity index (χ3n) is 6.69. The first-order valence-corrected chi connectivity index (χ1v) is 14.2. The minimum absolute atomic E-state index is 0.0194. The Morgan fingerprint density at radius 1 is 1.09 bits per heavy atom. The lowest BCUT2D eigenvalue weighted by Gasteiger charge is -2.35. The van der Waals surface area contributed by atoms with E-state index in [2.05, 4.69) is 17.0 Å². The molecule has 0 unspecified atom stereocenters. The number of nitrogens with zero attached hydrogens (tertiary/aromatic N) is 3. The molecule has 2 aliphatic rings. The second-order valence-electron chi connectivity index (χ2n) is 9.16. The van der Waals surface area contributed by atoms with Gasteiger partial charge in [0.1, 0.15) is 0 Å². The van der Waals surface area contributed by atoms with Gasteiger partial charge < -0.3 is 4.90 Å². The van der Waals surface area contributed by atoms with Gasteiger partial charge in [0, 0.05) is 25.0 Å². The molecule has 174 valence electrons. The smallest absolute Gasteiger partial charge is 0.237 e. The van der Waals surface area contributed by atoms with Gasteiger partial charge in [0.25, 0.3) is 0 Å². The summed E-state index contributed by atoms with van der Waals surface area (Å²) in [5.41, 5.74) is 2.07. The van der Waals surface area contributed by atoms with Crippen LogP contribution in [0.1, 0.15) is 35.8 Å². The Bertz CT molecular complexity index is 1190. The zero-order valence-electron chi connectivity index (χ0n) is 18.6. The lowest BCUT2D eigenvalue weighted by molar-refractivity contribution is -0.135. The van der Waals surface area contributed by atoms with E-state index in [1.807, 2.05) is 42.5 Å². The maximum atomic E-state index is 13.5. The molecule has 2 saturated heterocycles. The van der Waals surface area contributed by atoms with Crippen molar-refractivity contribution < 1.29 is 13.2 Å². The van der Waals surface area contributed by atoms with Crippen molar-refractivity contribution in [3.8, 4) is 0 Å². The molecule has 0 saturated carbocycles. The van der Waals surface area contributed by atoms with E-state index in [9.17, 15) is 13.2 Å². The number of carbonyl (C=O) groups is 1. The highest BCUT2D eigenvalue weighted by molar-refractivity contribution is 7.91. The first-order chi connectivity index (χ1) is 16.0. The van der Waals surface area contributed by atoms with Gasteiger partial charge in [-0.05, 0) is 43.5 Å². The van der Waals surface area contributed by atoms with E-state index >= 15 is 0 Å². The number of hydrogen-bond acceptors (Lipinski definition) is 6. The van der Waals surface area contributed by atoms with Crippen LogP contribution in [0.2, 0.25) is 0 Å². The number of aromatic nitrogens is 1. The predicted octanol–water partition coefficient (Wildman–Crippen LogP) is 3.69. The summed E-state index contributed by atoms with van der Waals surface area (Å²) >= 11 is 1.75. The molecule has 0 N–H and O–H groups in total. The fraction of sp³-hybridized carbons (Fsp3) is 0.440. The van der Waals surface area contributed by atoms with E-state index < -0.39 is 9.84 Å². The number of piperidine rings is 1. The standard InChI is InChI=1S/C25H29N3O3S2/c29-24(28(15-19-7-2-1-3-8-19)21-12-14-33(30,31)18-21)17-27-13-6-9-20(16-27)25-26-22-10-4-5-11-23(22)32-25/h1-5,7-8,10-11,20-21H,6,9,12-18H2/t20-,21-/m1/s1. The fourth-order valence-electron chi connectivity index (χ4n) is 4.97. The molecule has 2 fully saturated rings. The average molecular weight is 484 g/mol. The molecule has 3 aromatic rings. The molecule has 1 aromatic heterocycles. The second kappa shape index (κ2) is 9.52. The van der Waals surface area contributed by atoms with Crippen molar-refractivity contribution in [2.24, 2.45) is 0 Å². The van der Waals surface area contributed by atoms with Gasteiger partial charge in [-0.3, -0.25) is 9.69 Å². The van der Waals surface area contributed by atoms with Gasteiger partial charge in [0.05, 0.1) is 33.3 Å². The number of hydrogen-bond donors (Lipinski definition) is 0. The number of thiazole rings is 1. The molecule has 0 spiro atoms. The quantitative estimate of drug-likeness (QED) is 0.535. The highest BCUT2D eigenvalue weighted by Crippen LogP contribution is 2.33. The van der Waals surface area contributed by atoms with Crippen molar-refractivity contribution in [3.63, 3.8) is 0 Å². The zero-order chi connectivity index (χ0) is 22.8. The number of carbonyl (C=O) groups excluding carboxylic acids is 1. The van der Waals surface area contributed by atoms with Crippen molar-refractivity contribution in [2.45, 2.75) is 37.8 Å². The molecule has 33 heavy (non-hydrogen) atoms. The molecule has 0 bridgehead atoms. The summed E-state index contributed by atoms with van der Waals surface area (Å²) in [4.78, 5) is 22.4. The largest absolute Gasteiger partial charge is 0.333 e. The molecule has 5 rings (SSSR count). The van der Waals surface area contributed by atoms with Crippen LogP contribution in [-0.2, 0) is 21.2 Å². The molecule has 8 heteroatoms. The third kappa shape index (κ3) is 5.28. The highest BCUT2D eigenvalue weighted by Gasteiger charge is 2.35. The van der Waals surface area contributed by atoms with Crippen LogP contribution < -0.4 is 0 Å². The molecule has 2 aromatic carbocycles. The summed E-state index contributed by atoms with van der Waals surface area (Å²) in [7, 11) is -3.07. The van der Waals surface area contributed by atoms with E-state index in [0.717, 1.165) is 42.0 Å². The lowest BCUT2D eigenvalue weighted by atomic mass is 9.98. The van der Waals surface area contributed by atoms with Crippen LogP contribution in [0.25, 0.3) is 10.2 Å². The first kappa shape index (κ1) is 22.5. The van der Waals surface area contributed by atoms with Gasteiger partial charge in [-0.15, -0.1) is 11.3 Å². The van der Waals surface area contributed by atoms with Gasteiger partial charge >= 0.3 is 0 Å². The molecule has 2 aliphatic heterocycles. The third-order valence-corrected chi connectivity index (χ3v) is 9.64. The number of rotatable bonds is 6. The molecule has 0 radical (unpaired) electrons. The van der Waals surface area contributed by atoms with E-state index in [-0.39, 0.29) is 23.5 Å². The minimum atomic E-state index is -3.07. The van der Waals surface area contributed by atoms with Crippen LogP contribution in [0.3, 0.4) is 0 Å². The number of para-hydroxylation sites is 1.